The Morgan fingerprint density at radius 3 is 2.88 bits per heavy atom. The van der Waals surface area contributed by atoms with Crippen LogP contribution >= 0.6 is 24.0 Å². The molecule has 0 aliphatic rings. The van der Waals surface area contributed by atoms with E-state index in [1.165, 1.54) is 0 Å². The summed E-state index contributed by atoms with van der Waals surface area (Å²) in [7, 11) is 0. The molecule has 0 fully saturated rings. The highest BCUT2D eigenvalue weighted by Gasteiger charge is 1.99. The van der Waals surface area contributed by atoms with Crippen molar-refractivity contribution in [2.75, 3.05) is 11.9 Å². The Hall–Kier alpha value is -0.990. The molecule has 0 unspecified atom stereocenters. The van der Waals surface area contributed by atoms with Crippen LogP contribution in [0.1, 0.15) is 12.0 Å². The first-order valence-electron chi connectivity index (χ1n) is 4.84. The van der Waals surface area contributed by atoms with Gasteiger partial charge >= 0.3 is 0 Å². The van der Waals surface area contributed by atoms with Gasteiger partial charge in [0, 0.05) is 18.7 Å². The number of nitrogens with one attached hydrogen (secondary N) is 1. The van der Waals surface area contributed by atoms with Crippen molar-refractivity contribution in [3.05, 3.63) is 42.5 Å². The molecule has 0 amide bonds. The molecule has 2 nitrogen and oxygen atoms in total. The molecule has 0 saturated heterocycles. The van der Waals surface area contributed by atoms with Crippen LogP contribution in [0, 0.1) is 0 Å². The lowest BCUT2D eigenvalue weighted by atomic mass is 10.1. The summed E-state index contributed by atoms with van der Waals surface area (Å²) in [5, 5.41) is 2.89. The molecule has 0 radical (unpaired) electrons. The highest BCUT2D eigenvalue weighted by atomic mass is 35.5. The second-order valence-electron chi connectivity index (χ2n) is 3.23. The van der Waals surface area contributed by atoms with Crippen LogP contribution in [0.3, 0.4) is 0 Å². The van der Waals surface area contributed by atoms with Crippen LogP contribution in [0.5, 0.6) is 0 Å². The minimum absolute atomic E-state index is 0. The molecular formula is C12H15Cl2NO. The zero-order valence-corrected chi connectivity index (χ0v) is 10.5. The molecule has 1 rings (SSSR count). The number of aryl methyl sites for hydroxylation is 1. The van der Waals surface area contributed by atoms with E-state index >= 15 is 0 Å². The Kier molecular flexibility index (Phi) is 7.69. The summed E-state index contributed by atoms with van der Waals surface area (Å²) in [6.45, 7) is 4.37. The molecule has 0 bridgehead atoms. The van der Waals surface area contributed by atoms with E-state index in [0.29, 0.717) is 12.8 Å². The standard InChI is InChI=1S/C12H14ClNO.ClH/c1-2-8-14-11-5-3-4-10(9-11)6-7-12(13)15;/h2-5,9,14H,1,6-8H2;1H. The van der Waals surface area contributed by atoms with Gasteiger partial charge in [-0.05, 0) is 35.7 Å². The van der Waals surface area contributed by atoms with Crippen molar-refractivity contribution in [2.45, 2.75) is 12.8 Å². The van der Waals surface area contributed by atoms with Gasteiger partial charge in [0.15, 0.2) is 0 Å². The largest absolute Gasteiger partial charge is 0.382 e. The Bertz CT molecular complexity index is 353. The van der Waals surface area contributed by atoms with Gasteiger partial charge in [0.2, 0.25) is 5.24 Å². The monoisotopic (exact) mass is 259 g/mol. The summed E-state index contributed by atoms with van der Waals surface area (Å²) >= 11 is 5.28. The van der Waals surface area contributed by atoms with E-state index in [4.69, 9.17) is 11.6 Å². The molecule has 4 heteroatoms. The maximum absolute atomic E-state index is 10.6. The van der Waals surface area contributed by atoms with Crippen molar-refractivity contribution < 1.29 is 4.79 Å². The highest BCUT2D eigenvalue weighted by Crippen LogP contribution is 2.12. The van der Waals surface area contributed by atoms with Crippen molar-refractivity contribution in [1.29, 1.82) is 0 Å². The summed E-state index contributed by atoms with van der Waals surface area (Å²) in [4.78, 5) is 10.6. The zero-order chi connectivity index (χ0) is 11.1. The zero-order valence-electron chi connectivity index (χ0n) is 8.91. The SMILES string of the molecule is C=CCNc1cccc(CCC(=O)Cl)c1.Cl. The van der Waals surface area contributed by atoms with E-state index in [9.17, 15) is 4.79 Å². The van der Waals surface area contributed by atoms with Crippen LogP contribution < -0.4 is 5.32 Å². The van der Waals surface area contributed by atoms with Crippen molar-refractivity contribution in [3.63, 3.8) is 0 Å². The predicted molar refractivity (Wildman–Crippen MR) is 71.6 cm³/mol. The number of benzene rings is 1. The van der Waals surface area contributed by atoms with E-state index in [0.717, 1.165) is 17.8 Å². The van der Waals surface area contributed by atoms with Crippen LogP contribution in [-0.2, 0) is 11.2 Å². The fourth-order valence-corrected chi connectivity index (χ4v) is 1.36. The Morgan fingerprint density at radius 1 is 1.50 bits per heavy atom. The summed E-state index contributed by atoms with van der Waals surface area (Å²) in [5.41, 5.74) is 2.15. The number of hydrogen-bond acceptors (Lipinski definition) is 2. The number of halogens is 2. The van der Waals surface area contributed by atoms with E-state index in [2.05, 4.69) is 11.9 Å². The molecule has 0 saturated carbocycles. The smallest absolute Gasteiger partial charge is 0.221 e. The summed E-state index contributed by atoms with van der Waals surface area (Å²) < 4.78 is 0. The molecule has 0 aliphatic heterocycles. The maximum Gasteiger partial charge on any atom is 0.221 e. The third kappa shape index (κ3) is 5.79. The minimum atomic E-state index is -0.292. The lowest BCUT2D eigenvalue weighted by Gasteiger charge is -2.05. The van der Waals surface area contributed by atoms with Gasteiger partial charge in [-0.3, -0.25) is 4.79 Å². The Morgan fingerprint density at radius 2 is 2.25 bits per heavy atom. The minimum Gasteiger partial charge on any atom is -0.382 e. The molecule has 1 aromatic rings. The average Bonchev–Trinajstić information content (AvgIpc) is 2.24. The van der Waals surface area contributed by atoms with Gasteiger partial charge in [-0.25, -0.2) is 0 Å². The maximum atomic E-state index is 10.6. The summed E-state index contributed by atoms with van der Waals surface area (Å²) in [5.74, 6) is 0. The first-order valence-corrected chi connectivity index (χ1v) is 5.22. The normalized spacial score (nSPS) is 9.06. The molecule has 0 aromatic heterocycles. The molecule has 0 spiro atoms. The van der Waals surface area contributed by atoms with Gasteiger partial charge in [0.25, 0.3) is 0 Å². The first-order chi connectivity index (χ1) is 7.22. The predicted octanol–water partition coefficient (Wildman–Crippen LogP) is 3.40. The van der Waals surface area contributed by atoms with Gasteiger partial charge in [0.1, 0.15) is 0 Å². The highest BCUT2D eigenvalue weighted by molar-refractivity contribution is 6.63. The van der Waals surface area contributed by atoms with Crippen LogP contribution in [0.15, 0.2) is 36.9 Å². The number of carbonyl (C=O) groups is 1. The van der Waals surface area contributed by atoms with Gasteiger partial charge < -0.3 is 5.32 Å². The molecule has 88 valence electrons. The molecule has 1 aromatic carbocycles. The molecular weight excluding hydrogens is 245 g/mol. The third-order valence-corrected chi connectivity index (χ3v) is 2.18. The van der Waals surface area contributed by atoms with Gasteiger partial charge in [0.05, 0.1) is 0 Å². The number of carbonyl (C=O) groups excluding carboxylic acids is 1. The molecule has 0 heterocycles. The van der Waals surface area contributed by atoms with Crippen molar-refractivity contribution in [3.8, 4) is 0 Å². The molecule has 0 atom stereocenters. The second-order valence-corrected chi connectivity index (χ2v) is 3.65. The molecule has 0 aliphatic carbocycles. The van der Waals surface area contributed by atoms with E-state index in [1.54, 1.807) is 6.08 Å². The molecule has 16 heavy (non-hydrogen) atoms. The van der Waals surface area contributed by atoms with Crippen LogP contribution in [0.4, 0.5) is 5.69 Å². The van der Waals surface area contributed by atoms with Crippen molar-refractivity contribution >= 4 is 34.9 Å². The first kappa shape index (κ1) is 15.0. The van der Waals surface area contributed by atoms with E-state index in [1.807, 2.05) is 24.3 Å². The van der Waals surface area contributed by atoms with Crippen molar-refractivity contribution in [2.24, 2.45) is 0 Å². The number of hydrogen-bond donors (Lipinski definition) is 1. The Balaban J connectivity index is 0.00000225. The summed E-state index contributed by atoms with van der Waals surface area (Å²) in [6, 6.07) is 7.94. The summed E-state index contributed by atoms with van der Waals surface area (Å²) in [6.07, 6.45) is 2.87. The van der Waals surface area contributed by atoms with Crippen LogP contribution in [-0.4, -0.2) is 11.8 Å². The van der Waals surface area contributed by atoms with E-state index in [-0.39, 0.29) is 17.6 Å². The number of rotatable bonds is 6. The van der Waals surface area contributed by atoms with Gasteiger partial charge in [-0.1, -0.05) is 18.2 Å². The quantitative estimate of drug-likeness (QED) is 0.627. The van der Waals surface area contributed by atoms with Gasteiger partial charge in [-0.2, -0.15) is 0 Å². The average molecular weight is 260 g/mol. The van der Waals surface area contributed by atoms with Crippen LogP contribution in [0.2, 0.25) is 0 Å². The third-order valence-electron chi connectivity index (χ3n) is 1.99. The molecule has 1 N–H and O–H groups in total. The fourth-order valence-electron chi connectivity index (χ4n) is 1.27. The number of anilines is 1. The topological polar surface area (TPSA) is 29.1 Å². The van der Waals surface area contributed by atoms with Gasteiger partial charge in [-0.15, -0.1) is 19.0 Å². The van der Waals surface area contributed by atoms with Crippen molar-refractivity contribution in [1.82, 2.24) is 0 Å². The fraction of sp³-hybridized carbons (Fsp3) is 0.250. The van der Waals surface area contributed by atoms with E-state index < -0.39 is 0 Å². The Labute approximate surface area is 107 Å². The second kappa shape index (κ2) is 8.20. The van der Waals surface area contributed by atoms with Crippen LogP contribution in [0.25, 0.3) is 0 Å². The lowest BCUT2D eigenvalue weighted by Crippen LogP contribution is -1.98. The lowest BCUT2D eigenvalue weighted by molar-refractivity contribution is -0.111.